The molecule has 0 atom stereocenters. The molecule has 158 valence electrons. The molecule has 8 nitrogen and oxygen atoms in total. The Labute approximate surface area is 191 Å². The van der Waals surface area contributed by atoms with Crippen molar-refractivity contribution in [1.29, 1.82) is 0 Å². The van der Waals surface area contributed by atoms with Crippen LogP contribution in [0.1, 0.15) is 5.56 Å². The van der Waals surface area contributed by atoms with Crippen molar-refractivity contribution in [2.45, 2.75) is 11.6 Å². The number of anilines is 1. The first-order valence-corrected chi connectivity index (χ1v) is 10.8. The van der Waals surface area contributed by atoms with Gasteiger partial charge in [-0.1, -0.05) is 52.3 Å². The zero-order valence-corrected chi connectivity index (χ0v) is 18.6. The van der Waals surface area contributed by atoms with Crippen molar-refractivity contribution < 1.29 is 9.53 Å². The minimum Gasteiger partial charge on any atom is -0.495 e. The zero-order valence-electron chi connectivity index (χ0n) is 16.2. The van der Waals surface area contributed by atoms with Crippen LogP contribution in [-0.4, -0.2) is 43.7 Å². The molecule has 0 bridgehead atoms. The maximum absolute atomic E-state index is 12.4. The summed E-state index contributed by atoms with van der Waals surface area (Å²) in [6.07, 6.45) is 1.43. The van der Waals surface area contributed by atoms with Crippen molar-refractivity contribution in [2.75, 3.05) is 18.2 Å². The van der Waals surface area contributed by atoms with Gasteiger partial charge in [0.25, 0.3) is 0 Å². The highest BCUT2D eigenvalue weighted by molar-refractivity contribution is 8.00. The van der Waals surface area contributed by atoms with Crippen molar-refractivity contribution in [3.8, 4) is 5.75 Å². The van der Waals surface area contributed by atoms with E-state index in [2.05, 4.69) is 25.6 Å². The number of fused-ring (bicyclic) bond motifs is 1. The number of carbonyl (C=O) groups excluding carboxylic acids is 1. The van der Waals surface area contributed by atoms with E-state index in [1.165, 1.54) is 25.2 Å². The summed E-state index contributed by atoms with van der Waals surface area (Å²) >= 11 is 13.2. The second kappa shape index (κ2) is 9.51. The van der Waals surface area contributed by atoms with Gasteiger partial charge in [0.2, 0.25) is 5.91 Å². The van der Waals surface area contributed by atoms with Gasteiger partial charge in [-0.3, -0.25) is 4.79 Å². The highest BCUT2D eigenvalue weighted by atomic mass is 35.5. The van der Waals surface area contributed by atoms with Crippen molar-refractivity contribution >= 4 is 57.7 Å². The average Bonchev–Trinajstić information content (AvgIpc) is 3.17. The van der Waals surface area contributed by atoms with Gasteiger partial charge in [0, 0.05) is 10.0 Å². The monoisotopic (exact) mass is 474 g/mol. The summed E-state index contributed by atoms with van der Waals surface area (Å²) in [4.78, 5) is 21.0. The lowest BCUT2D eigenvalue weighted by Crippen LogP contribution is -2.15. The Hall–Kier alpha value is -2.88. The predicted octanol–water partition coefficient (Wildman–Crippen LogP) is 4.32. The fourth-order valence-electron chi connectivity index (χ4n) is 2.84. The maximum atomic E-state index is 12.4. The highest BCUT2D eigenvalue weighted by Crippen LogP contribution is 2.28. The number of carbonyl (C=O) groups is 1. The molecule has 0 fully saturated rings. The Morgan fingerprint density at radius 2 is 1.90 bits per heavy atom. The first kappa shape index (κ1) is 21.4. The van der Waals surface area contributed by atoms with E-state index >= 15 is 0 Å². The average molecular weight is 475 g/mol. The molecule has 0 spiro atoms. The number of methoxy groups -OCH3 is 1. The van der Waals surface area contributed by atoms with E-state index in [1.54, 1.807) is 22.9 Å². The van der Waals surface area contributed by atoms with Crippen LogP contribution in [0.25, 0.3) is 11.2 Å². The fourth-order valence-corrected chi connectivity index (χ4v) is 3.87. The number of nitrogens with one attached hydrogen (secondary N) is 1. The van der Waals surface area contributed by atoms with Gasteiger partial charge in [0.05, 0.1) is 25.1 Å². The summed E-state index contributed by atoms with van der Waals surface area (Å²) in [5.41, 5.74) is 2.64. The number of amides is 1. The SMILES string of the molecule is COc1ccc(Cl)cc1NC(=O)CSc1ncnc2c1nnn2Cc1ccc(Cl)cc1. The number of hydrogen-bond acceptors (Lipinski definition) is 7. The summed E-state index contributed by atoms with van der Waals surface area (Å²) in [5.74, 6) is 0.412. The van der Waals surface area contributed by atoms with E-state index < -0.39 is 0 Å². The van der Waals surface area contributed by atoms with Crippen molar-refractivity contribution in [3.63, 3.8) is 0 Å². The lowest BCUT2D eigenvalue weighted by Gasteiger charge is -2.10. The number of benzene rings is 2. The number of hydrogen-bond donors (Lipinski definition) is 1. The van der Waals surface area contributed by atoms with Gasteiger partial charge in [-0.05, 0) is 35.9 Å². The van der Waals surface area contributed by atoms with Crippen LogP contribution in [0.2, 0.25) is 10.0 Å². The molecule has 0 aliphatic heterocycles. The summed E-state index contributed by atoms with van der Waals surface area (Å²) < 4.78 is 6.93. The van der Waals surface area contributed by atoms with Gasteiger partial charge in [0.1, 0.15) is 17.1 Å². The molecule has 2 heterocycles. The van der Waals surface area contributed by atoms with Gasteiger partial charge in [-0.25, -0.2) is 14.6 Å². The molecule has 1 amide bonds. The van der Waals surface area contributed by atoms with Crippen molar-refractivity contribution in [3.05, 3.63) is 64.4 Å². The third kappa shape index (κ3) is 5.07. The third-order valence-corrected chi connectivity index (χ3v) is 5.75. The Morgan fingerprint density at radius 1 is 1.13 bits per heavy atom. The Balaban J connectivity index is 1.46. The van der Waals surface area contributed by atoms with Crippen molar-refractivity contribution in [2.24, 2.45) is 0 Å². The van der Waals surface area contributed by atoms with Crippen LogP contribution in [-0.2, 0) is 11.3 Å². The summed E-state index contributed by atoms with van der Waals surface area (Å²) in [7, 11) is 1.53. The number of aromatic nitrogens is 5. The van der Waals surface area contributed by atoms with Gasteiger partial charge in [-0.15, -0.1) is 5.10 Å². The molecule has 0 aliphatic carbocycles. The van der Waals surface area contributed by atoms with Gasteiger partial charge < -0.3 is 10.1 Å². The van der Waals surface area contributed by atoms with E-state index in [0.717, 1.165) is 5.56 Å². The van der Waals surface area contributed by atoms with E-state index in [-0.39, 0.29) is 11.7 Å². The summed E-state index contributed by atoms with van der Waals surface area (Å²) in [6, 6.07) is 12.5. The minimum atomic E-state index is -0.231. The molecule has 4 rings (SSSR count). The van der Waals surface area contributed by atoms with Crippen LogP contribution in [0.3, 0.4) is 0 Å². The van der Waals surface area contributed by atoms with Crippen LogP contribution in [0.15, 0.2) is 53.8 Å². The molecule has 0 aliphatic rings. The lowest BCUT2D eigenvalue weighted by molar-refractivity contribution is -0.113. The largest absolute Gasteiger partial charge is 0.495 e. The normalized spacial score (nSPS) is 10.9. The topological polar surface area (TPSA) is 94.8 Å². The van der Waals surface area contributed by atoms with E-state index in [1.807, 2.05) is 24.3 Å². The molecule has 4 aromatic rings. The third-order valence-electron chi connectivity index (χ3n) is 4.29. The Kier molecular flexibility index (Phi) is 6.55. The molecule has 31 heavy (non-hydrogen) atoms. The molecule has 11 heteroatoms. The van der Waals surface area contributed by atoms with E-state index in [0.29, 0.717) is 44.2 Å². The molecule has 0 unspecified atom stereocenters. The van der Waals surface area contributed by atoms with Gasteiger partial charge in [0.15, 0.2) is 11.2 Å². The summed E-state index contributed by atoms with van der Waals surface area (Å²) in [6.45, 7) is 0.490. The smallest absolute Gasteiger partial charge is 0.234 e. The van der Waals surface area contributed by atoms with Crippen LogP contribution in [0.5, 0.6) is 5.75 Å². The highest BCUT2D eigenvalue weighted by Gasteiger charge is 2.15. The standard InChI is InChI=1S/C20H16Cl2N6O2S/c1-30-16-7-6-14(22)8-15(16)25-17(29)10-31-20-18-19(23-11-24-20)28(27-26-18)9-12-2-4-13(21)5-3-12/h2-8,11H,9-10H2,1H3,(H,25,29). The van der Waals surface area contributed by atoms with Crippen molar-refractivity contribution in [1.82, 2.24) is 25.0 Å². The van der Waals surface area contributed by atoms with Crippen LogP contribution in [0.4, 0.5) is 5.69 Å². The number of rotatable bonds is 7. The fraction of sp³-hybridized carbons (Fsp3) is 0.150. The summed E-state index contributed by atoms with van der Waals surface area (Å²) in [5, 5.41) is 12.9. The van der Waals surface area contributed by atoms with Gasteiger partial charge >= 0.3 is 0 Å². The van der Waals surface area contributed by atoms with Gasteiger partial charge in [-0.2, -0.15) is 0 Å². The van der Waals surface area contributed by atoms with Crippen LogP contribution < -0.4 is 10.1 Å². The number of nitrogens with zero attached hydrogens (tertiary/aromatic N) is 5. The van der Waals surface area contributed by atoms with Crippen LogP contribution in [0, 0.1) is 0 Å². The zero-order chi connectivity index (χ0) is 21.8. The van der Waals surface area contributed by atoms with Crippen LogP contribution >= 0.6 is 35.0 Å². The molecule has 0 saturated heterocycles. The van der Waals surface area contributed by atoms with E-state index in [4.69, 9.17) is 27.9 Å². The first-order valence-electron chi connectivity index (χ1n) is 9.08. The number of thioether (sulfide) groups is 1. The maximum Gasteiger partial charge on any atom is 0.234 e. The quantitative estimate of drug-likeness (QED) is 0.314. The second-order valence-electron chi connectivity index (χ2n) is 6.41. The second-order valence-corrected chi connectivity index (χ2v) is 8.24. The Bertz CT molecular complexity index is 1230. The molecule has 2 aromatic carbocycles. The minimum absolute atomic E-state index is 0.117. The predicted molar refractivity (Wildman–Crippen MR) is 121 cm³/mol. The molecule has 1 N–H and O–H groups in total. The Morgan fingerprint density at radius 3 is 2.68 bits per heavy atom. The molecule has 2 aromatic heterocycles. The first-order chi connectivity index (χ1) is 15.0. The molecule has 0 radical (unpaired) electrons. The lowest BCUT2D eigenvalue weighted by atomic mass is 10.2. The number of ether oxygens (including phenoxy) is 1. The molecular formula is C20H16Cl2N6O2S. The van der Waals surface area contributed by atoms with E-state index in [9.17, 15) is 4.79 Å². The molecule has 0 saturated carbocycles. The number of halogens is 2. The molecular weight excluding hydrogens is 459 g/mol.